The van der Waals surface area contributed by atoms with E-state index in [4.69, 9.17) is 5.73 Å². The second-order valence-electron chi connectivity index (χ2n) is 8.78. The number of anilines is 1. The van der Waals surface area contributed by atoms with Crippen molar-refractivity contribution in [1.82, 2.24) is 29.6 Å². The van der Waals surface area contributed by atoms with E-state index >= 15 is 0 Å². The van der Waals surface area contributed by atoms with Gasteiger partial charge in [-0.05, 0) is 31.0 Å². The fraction of sp³-hybridized carbons (Fsp3) is 0.269. The Morgan fingerprint density at radius 1 is 1.19 bits per heavy atom. The summed E-state index contributed by atoms with van der Waals surface area (Å²) in [6.07, 6.45) is 9.73. The SMILES string of the molecule is Nc1nc(-c2nn(Cc3ccccc3F)c3ncccc23)ncc1C=CCN(C(=O)O)C1CCCC1. The monoisotopic (exact) mass is 487 g/mol. The number of nitrogens with two attached hydrogens (primary N) is 1. The molecule has 9 nitrogen and oxygen atoms in total. The third kappa shape index (κ3) is 4.74. The fourth-order valence-corrected chi connectivity index (χ4v) is 4.61. The van der Waals surface area contributed by atoms with Gasteiger partial charge >= 0.3 is 6.09 Å². The van der Waals surface area contributed by atoms with E-state index in [9.17, 15) is 14.3 Å². The predicted octanol–water partition coefficient (Wildman–Crippen LogP) is 4.59. The lowest BCUT2D eigenvalue weighted by molar-refractivity contribution is 0.132. The van der Waals surface area contributed by atoms with Crippen molar-refractivity contribution < 1.29 is 14.3 Å². The van der Waals surface area contributed by atoms with E-state index in [2.05, 4.69) is 20.1 Å². The van der Waals surface area contributed by atoms with Crippen LogP contribution < -0.4 is 5.73 Å². The van der Waals surface area contributed by atoms with Crippen molar-refractivity contribution in [2.24, 2.45) is 0 Å². The summed E-state index contributed by atoms with van der Waals surface area (Å²) in [5.74, 6) is 0.261. The highest BCUT2D eigenvalue weighted by Crippen LogP contribution is 2.27. The summed E-state index contributed by atoms with van der Waals surface area (Å²) in [5, 5.41) is 14.9. The molecule has 0 bridgehead atoms. The van der Waals surface area contributed by atoms with Gasteiger partial charge in [0.05, 0.1) is 11.9 Å². The zero-order valence-corrected chi connectivity index (χ0v) is 19.6. The van der Waals surface area contributed by atoms with Crippen LogP contribution in [0.1, 0.15) is 36.8 Å². The highest BCUT2D eigenvalue weighted by Gasteiger charge is 2.25. The number of aromatic nitrogens is 5. The first kappa shape index (κ1) is 23.4. The Labute approximate surface area is 207 Å². The Kier molecular flexibility index (Phi) is 6.57. The average molecular weight is 488 g/mol. The first-order chi connectivity index (χ1) is 17.5. The fourth-order valence-electron chi connectivity index (χ4n) is 4.61. The van der Waals surface area contributed by atoms with Gasteiger partial charge in [-0.25, -0.2) is 28.8 Å². The van der Waals surface area contributed by atoms with Crippen LogP contribution in [0.3, 0.4) is 0 Å². The summed E-state index contributed by atoms with van der Waals surface area (Å²) in [4.78, 5) is 26.4. The van der Waals surface area contributed by atoms with Crippen molar-refractivity contribution in [2.75, 3.05) is 12.3 Å². The van der Waals surface area contributed by atoms with Crippen LogP contribution in [-0.2, 0) is 6.54 Å². The topological polar surface area (TPSA) is 123 Å². The number of pyridine rings is 1. The molecule has 1 amide bonds. The van der Waals surface area contributed by atoms with Crippen LogP contribution in [0.2, 0.25) is 0 Å². The van der Waals surface area contributed by atoms with E-state index < -0.39 is 6.09 Å². The van der Waals surface area contributed by atoms with Crippen LogP contribution in [0.4, 0.5) is 15.0 Å². The zero-order chi connectivity index (χ0) is 25.1. The highest BCUT2D eigenvalue weighted by atomic mass is 19.1. The standard InChI is InChI=1S/C26H26FN7O2/c27-21-12-4-1-7-18(21)16-34-25-20(11-5-13-29-25)22(32-34)24-30-15-17(23(28)31-24)8-6-14-33(26(35)36)19-9-2-3-10-19/h1,4-8,11-13,15,19H,2-3,9-10,14,16H2,(H,35,36)(H2,28,30,31). The molecule has 0 atom stereocenters. The molecule has 0 unspecified atom stereocenters. The molecule has 1 aliphatic carbocycles. The minimum Gasteiger partial charge on any atom is -0.465 e. The summed E-state index contributed by atoms with van der Waals surface area (Å²) < 4.78 is 15.9. The van der Waals surface area contributed by atoms with Crippen molar-refractivity contribution in [3.63, 3.8) is 0 Å². The van der Waals surface area contributed by atoms with Crippen molar-refractivity contribution in [1.29, 1.82) is 0 Å². The van der Waals surface area contributed by atoms with Crippen LogP contribution in [0.25, 0.3) is 28.6 Å². The Morgan fingerprint density at radius 3 is 2.75 bits per heavy atom. The molecular weight excluding hydrogens is 461 g/mol. The predicted molar refractivity (Wildman–Crippen MR) is 134 cm³/mol. The number of amides is 1. The molecular formula is C26H26FN7O2. The maximum absolute atomic E-state index is 14.2. The molecule has 1 saturated carbocycles. The molecule has 0 spiro atoms. The van der Waals surface area contributed by atoms with Crippen LogP contribution in [0, 0.1) is 5.82 Å². The average Bonchev–Trinajstić information content (AvgIpc) is 3.53. The van der Waals surface area contributed by atoms with Gasteiger partial charge < -0.3 is 15.7 Å². The largest absolute Gasteiger partial charge is 0.465 e. The number of hydrogen-bond donors (Lipinski definition) is 2. The third-order valence-corrected chi connectivity index (χ3v) is 6.46. The number of nitrogen functional groups attached to an aromatic ring is 1. The maximum atomic E-state index is 14.2. The van der Waals surface area contributed by atoms with E-state index in [1.54, 1.807) is 53.5 Å². The van der Waals surface area contributed by atoms with Gasteiger partial charge in [0.25, 0.3) is 0 Å². The lowest BCUT2D eigenvalue weighted by Gasteiger charge is -2.24. The summed E-state index contributed by atoms with van der Waals surface area (Å²) >= 11 is 0. The molecule has 4 aromatic rings. The summed E-state index contributed by atoms with van der Waals surface area (Å²) in [6.45, 7) is 0.482. The smallest absolute Gasteiger partial charge is 0.407 e. The normalized spacial score (nSPS) is 14.1. The molecule has 0 aliphatic heterocycles. The van der Waals surface area contributed by atoms with Gasteiger partial charge in [0.1, 0.15) is 17.3 Å². The van der Waals surface area contributed by atoms with E-state index in [1.807, 2.05) is 6.07 Å². The Balaban J connectivity index is 1.40. The molecule has 5 rings (SSSR count). The molecule has 3 N–H and O–H groups in total. The summed E-state index contributed by atoms with van der Waals surface area (Å²) in [5.41, 5.74) is 8.38. The lowest BCUT2D eigenvalue weighted by Crippen LogP contribution is -2.37. The van der Waals surface area contributed by atoms with Crippen molar-refractivity contribution >= 4 is 29.0 Å². The Bertz CT molecular complexity index is 1430. The Hall–Kier alpha value is -4.34. The first-order valence-electron chi connectivity index (χ1n) is 11.8. The van der Waals surface area contributed by atoms with Gasteiger partial charge in [0, 0.05) is 36.1 Å². The minimum absolute atomic E-state index is 0.0597. The van der Waals surface area contributed by atoms with Crippen LogP contribution in [0.5, 0.6) is 0 Å². The van der Waals surface area contributed by atoms with Crippen LogP contribution in [0.15, 0.2) is 54.9 Å². The number of benzene rings is 1. The summed E-state index contributed by atoms with van der Waals surface area (Å²) in [7, 11) is 0. The van der Waals surface area contributed by atoms with Crippen molar-refractivity contribution in [3.05, 3.63) is 71.8 Å². The van der Waals surface area contributed by atoms with E-state index in [0.717, 1.165) is 31.1 Å². The van der Waals surface area contributed by atoms with Crippen LogP contribution >= 0.6 is 0 Å². The number of hydrogen-bond acceptors (Lipinski definition) is 6. The second kappa shape index (κ2) is 10.1. The number of carbonyl (C=O) groups is 1. The molecule has 10 heteroatoms. The number of rotatable bonds is 7. The quantitative estimate of drug-likeness (QED) is 0.391. The molecule has 184 valence electrons. The maximum Gasteiger partial charge on any atom is 0.407 e. The van der Waals surface area contributed by atoms with Gasteiger partial charge in [-0.15, -0.1) is 0 Å². The number of nitrogens with zero attached hydrogens (tertiary/aromatic N) is 6. The number of halogens is 1. The molecule has 0 saturated heterocycles. The second-order valence-corrected chi connectivity index (χ2v) is 8.78. The molecule has 36 heavy (non-hydrogen) atoms. The molecule has 3 aromatic heterocycles. The number of carboxylic acid groups (broad SMARTS) is 1. The molecule has 1 aliphatic rings. The van der Waals surface area contributed by atoms with Gasteiger partial charge in [0.2, 0.25) is 0 Å². The van der Waals surface area contributed by atoms with Crippen LogP contribution in [-0.4, -0.2) is 53.4 Å². The Morgan fingerprint density at radius 2 is 2.00 bits per heavy atom. The highest BCUT2D eigenvalue weighted by molar-refractivity contribution is 5.89. The molecule has 3 heterocycles. The molecule has 0 radical (unpaired) electrons. The minimum atomic E-state index is -0.919. The summed E-state index contributed by atoms with van der Waals surface area (Å²) in [6, 6.07) is 10.2. The van der Waals surface area contributed by atoms with E-state index in [1.165, 1.54) is 11.0 Å². The van der Waals surface area contributed by atoms with Gasteiger partial charge in [-0.3, -0.25) is 0 Å². The first-order valence-corrected chi connectivity index (χ1v) is 11.8. The van der Waals surface area contributed by atoms with E-state index in [-0.39, 0.29) is 30.8 Å². The van der Waals surface area contributed by atoms with Crippen molar-refractivity contribution in [3.8, 4) is 11.5 Å². The van der Waals surface area contributed by atoms with Gasteiger partial charge in [0.15, 0.2) is 11.5 Å². The lowest BCUT2D eigenvalue weighted by atomic mass is 10.2. The van der Waals surface area contributed by atoms with E-state index in [0.29, 0.717) is 28.3 Å². The number of fused-ring (bicyclic) bond motifs is 1. The van der Waals surface area contributed by atoms with Gasteiger partial charge in [-0.1, -0.05) is 43.2 Å². The zero-order valence-electron chi connectivity index (χ0n) is 19.6. The van der Waals surface area contributed by atoms with Crippen molar-refractivity contribution in [2.45, 2.75) is 38.3 Å². The molecule has 1 aromatic carbocycles. The molecule has 1 fully saturated rings. The van der Waals surface area contributed by atoms with Gasteiger partial charge in [-0.2, -0.15) is 5.10 Å². The third-order valence-electron chi connectivity index (χ3n) is 6.46.